The van der Waals surface area contributed by atoms with Crippen LogP contribution in [-0.2, 0) is 13.0 Å². The average molecular weight is 324 g/mol. The maximum Gasteiger partial charge on any atom is 0.142 e. The van der Waals surface area contributed by atoms with E-state index in [0.717, 1.165) is 25.5 Å². The molecule has 4 nitrogen and oxygen atoms in total. The Morgan fingerprint density at radius 3 is 2.87 bits per heavy atom. The monoisotopic (exact) mass is 324 g/mol. The zero-order chi connectivity index (χ0) is 15.6. The van der Waals surface area contributed by atoms with Gasteiger partial charge in [-0.25, -0.2) is 4.98 Å². The number of thiophene rings is 1. The Balaban J connectivity index is 1.39. The van der Waals surface area contributed by atoms with Gasteiger partial charge in [0.15, 0.2) is 0 Å². The second kappa shape index (κ2) is 6.31. The molecule has 0 bridgehead atoms. The van der Waals surface area contributed by atoms with Crippen molar-refractivity contribution in [1.82, 2.24) is 9.88 Å². The predicted molar refractivity (Wildman–Crippen MR) is 92.6 cm³/mol. The van der Waals surface area contributed by atoms with Crippen LogP contribution in [0.1, 0.15) is 29.0 Å². The van der Waals surface area contributed by atoms with E-state index >= 15 is 0 Å². The third kappa shape index (κ3) is 2.97. The fourth-order valence-corrected chi connectivity index (χ4v) is 4.59. The third-order valence-corrected chi connectivity index (χ3v) is 6.01. The first kappa shape index (κ1) is 14.7. The van der Waals surface area contributed by atoms with E-state index in [9.17, 15) is 0 Å². The van der Waals surface area contributed by atoms with Crippen molar-refractivity contribution < 1.29 is 0 Å². The number of anilines is 1. The molecule has 1 saturated heterocycles. The Morgan fingerprint density at radius 2 is 2.04 bits per heavy atom. The zero-order valence-corrected chi connectivity index (χ0v) is 13.9. The van der Waals surface area contributed by atoms with Crippen molar-refractivity contribution in [3.05, 3.63) is 45.8 Å². The van der Waals surface area contributed by atoms with E-state index in [2.05, 4.69) is 32.3 Å². The van der Waals surface area contributed by atoms with E-state index in [1.165, 1.54) is 31.4 Å². The fourth-order valence-electron chi connectivity index (χ4n) is 3.70. The quantitative estimate of drug-likeness (QED) is 0.851. The minimum Gasteiger partial charge on any atom is -0.356 e. The molecule has 0 aliphatic carbocycles. The van der Waals surface area contributed by atoms with Gasteiger partial charge in [0, 0.05) is 37.1 Å². The fraction of sp³-hybridized carbons (Fsp3) is 0.444. The molecule has 0 radical (unpaired) electrons. The van der Waals surface area contributed by atoms with Gasteiger partial charge in [-0.1, -0.05) is 6.07 Å². The summed E-state index contributed by atoms with van der Waals surface area (Å²) in [4.78, 5) is 11.0. The van der Waals surface area contributed by atoms with Gasteiger partial charge in [-0.3, -0.25) is 4.90 Å². The predicted octanol–water partition coefficient (Wildman–Crippen LogP) is 3.04. The first-order chi connectivity index (χ1) is 11.3. The van der Waals surface area contributed by atoms with Crippen molar-refractivity contribution >= 4 is 17.2 Å². The summed E-state index contributed by atoms with van der Waals surface area (Å²) < 4.78 is 0. The molecule has 0 saturated carbocycles. The van der Waals surface area contributed by atoms with Gasteiger partial charge >= 0.3 is 0 Å². The lowest BCUT2D eigenvalue weighted by atomic mass is 9.99. The molecular weight excluding hydrogens is 304 g/mol. The molecule has 118 valence electrons. The Morgan fingerprint density at radius 1 is 1.17 bits per heavy atom. The average Bonchev–Trinajstić information content (AvgIpc) is 3.09. The Hall–Kier alpha value is -1.90. The number of pyridine rings is 1. The molecular formula is C18H20N4S. The standard InChI is InChI=1S/C18H20N4S/c19-12-15-2-1-3-18(20-15)21-8-4-16(5-9-21)22-10-6-17-14(13-22)7-11-23-17/h1-3,7,11,16H,4-6,8-10,13H2. The highest BCUT2D eigenvalue weighted by atomic mass is 32.1. The van der Waals surface area contributed by atoms with Crippen LogP contribution < -0.4 is 4.90 Å². The van der Waals surface area contributed by atoms with E-state index in [1.807, 2.05) is 23.5 Å². The molecule has 2 aliphatic heterocycles. The number of rotatable bonds is 2. The number of hydrogen-bond acceptors (Lipinski definition) is 5. The van der Waals surface area contributed by atoms with Crippen LogP contribution in [0.4, 0.5) is 5.82 Å². The molecule has 0 aromatic carbocycles. The van der Waals surface area contributed by atoms with Gasteiger partial charge in [-0.15, -0.1) is 11.3 Å². The third-order valence-electron chi connectivity index (χ3n) is 4.99. The minimum absolute atomic E-state index is 0.505. The smallest absolute Gasteiger partial charge is 0.142 e. The number of piperidine rings is 1. The second-order valence-corrected chi connectivity index (χ2v) is 7.30. The summed E-state index contributed by atoms with van der Waals surface area (Å²) in [6, 6.07) is 10.8. The number of nitrogens with zero attached hydrogens (tertiary/aromatic N) is 4. The molecule has 4 rings (SSSR count). The molecule has 2 aromatic heterocycles. The van der Waals surface area contributed by atoms with Gasteiger partial charge < -0.3 is 4.90 Å². The molecule has 5 heteroatoms. The van der Waals surface area contributed by atoms with Crippen molar-refractivity contribution in [2.24, 2.45) is 0 Å². The van der Waals surface area contributed by atoms with E-state index in [4.69, 9.17) is 5.26 Å². The largest absolute Gasteiger partial charge is 0.356 e. The van der Waals surface area contributed by atoms with Crippen molar-refractivity contribution in [3.63, 3.8) is 0 Å². The van der Waals surface area contributed by atoms with Crippen LogP contribution in [-0.4, -0.2) is 35.6 Å². The van der Waals surface area contributed by atoms with Crippen LogP contribution in [0.2, 0.25) is 0 Å². The highest BCUT2D eigenvalue weighted by molar-refractivity contribution is 7.10. The van der Waals surface area contributed by atoms with Gasteiger partial charge in [0.2, 0.25) is 0 Å². The second-order valence-electron chi connectivity index (χ2n) is 6.30. The van der Waals surface area contributed by atoms with Gasteiger partial charge in [0.1, 0.15) is 17.6 Å². The summed E-state index contributed by atoms with van der Waals surface area (Å²) in [5.41, 5.74) is 2.04. The molecule has 0 atom stereocenters. The SMILES string of the molecule is N#Cc1cccc(N2CCC(N3CCc4sccc4C3)CC2)n1. The van der Waals surface area contributed by atoms with Crippen molar-refractivity contribution in [1.29, 1.82) is 5.26 Å². The minimum atomic E-state index is 0.505. The maximum absolute atomic E-state index is 9.00. The summed E-state index contributed by atoms with van der Waals surface area (Å²) in [6.07, 6.45) is 3.56. The van der Waals surface area contributed by atoms with Gasteiger partial charge in [-0.2, -0.15) is 5.26 Å². The first-order valence-corrected chi connectivity index (χ1v) is 9.13. The molecule has 0 unspecified atom stereocenters. The number of fused-ring (bicyclic) bond motifs is 1. The van der Waals surface area contributed by atoms with Crippen LogP contribution in [0.5, 0.6) is 0 Å². The van der Waals surface area contributed by atoms with E-state index in [0.29, 0.717) is 11.7 Å². The Kier molecular flexibility index (Phi) is 4.02. The highest BCUT2D eigenvalue weighted by Crippen LogP contribution is 2.28. The lowest BCUT2D eigenvalue weighted by molar-refractivity contribution is 0.154. The van der Waals surface area contributed by atoms with Crippen LogP contribution in [0.15, 0.2) is 29.6 Å². The number of hydrogen-bond donors (Lipinski definition) is 0. The molecule has 2 aromatic rings. The zero-order valence-electron chi connectivity index (χ0n) is 13.1. The Bertz CT molecular complexity index is 725. The number of aromatic nitrogens is 1. The van der Waals surface area contributed by atoms with Crippen LogP contribution in [0.25, 0.3) is 0 Å². The summed E-state index contributed by atoms with van der Waals surface area (Å²) in [5.74, 6) is 0.946. The molecule has 0 N–H and O–H groups in total. The lowest BCUT2D eigenvalue weighted by Gasteiger charge is -2.40. The van der Waals surface area contributed by atoms with Crippen LogP contribution in [0.3, 0.4) is 0 Å². The van der Waals surface area contributed by atoms with E-state index in [1.54, 1.807) is 10.9 Å². The number of nitriles is 1. The van der Waals surface area contributed by atoms with Gasteiger partial charge in [-0.05, 0) is 48.4 Å². The van der Waals surface area contributed by atoms with Crippen molar-refractivity contribution in [2.45, 2.75) is 31.8 Å². The normalized spacial score (nSPS) is 19.3. The van der Waals surface area contributed by atoms with E-state index in [-0.39, 0.29) is 0 Å². The van der Waals surface area contributed by atoms with Gasteiger partial charge in [0.25, 0.3) is 0 Å². The van der Waals surface area contributed by atoms with Crippen LogP contribution in [0, 0.1) is 11.3 Å². The molecule has 0 amide bonds. The molecule has 4 heterocycles. The Labute approximate surface area is 141 Å². The topological polar surface area (TPSA) is 43.2 Å². The molecule has 0 spiro atoms. The molecule has 23 heavy (non-hydrogen) atoms. The van der Waals surface area contributed by atoms with Gasteiger partial charge in [0.05, 0.1) is 0 Å². The van der Waals surface area contributed by atoms with Crippen molar-refractivity contribution in [2.75, 3.05) is 24.5 Å². The van der Waals surface area contributed by atoms with Crippen LogP contribution >= 0.6 is 11.3 Å². The summed E-state index contributed by atoms with van der Waals surface area (Å²) >= 11 is 1.91. The summed E-state index contributed by atoms with van der Waals surface area (Å²) in [7, 11) is 0. The maximum atomic E-state index is 9.00. The summed E-state index contributed by atoms with van der Waals surface area (Å²) in [5, 5.41) is 11.2. The summed E-state index contributed by atoms with van der Waals surface area (Å²) in [6.45, 7) is 4.37. The van der Waals surface area contributed by atoms with Crippen molar-refractivity contribution in [3.8, 4) is 6.07 Å². The van der Waals surface area contributed by atoms with E-state index < -0.39 is 0 Å². The molecule has 1 fully saturated rings. The first-order valence-electron chi connectivity index (χ1n) is 8.25. The highest BCUT2D eigenvalue weighted by Gasteiger charge is 2.28. The lowest BCUT2D eigenvalue weighted by Crippen LogP contribution is -2.46. The molecule has 2 aliphatic rings.